The number of hydrogen-bond donors (Lipinski definition) is 1. The highest BCUT2D eigenvalue weighted by atomic mass is 32.2. The fourth-order valence-corrected chi connectivity index (χ4v) is 3.67. The molecule has 30 heavy (non-hydrogen) atoms. The van der Waals surface area contributed by atoms with Crippen LogP contribution in [-0.2, 0) is 21.0 Å². The first-order valence-electron chi connectivity index (χ1n) is 8.87. The normalized spacial score (nSPS) is 11.7. The Labute approximate surface area is 174 Å². The molecule has 0 spiro atoms. The van der Waals surface area contributed by atoms with Crippen LogP contribution in [0.15, 0.2) is 47.4 Å². The molecule has 0 unspecified atom stereocenters. The highest BCUT2D eigenvalue weighted by Crippen LogP contribution is 2.29. The van der Waals surface area contributed by atoms with Gasteiger partial charge in [0, 0.05) is 12.6 Å². The molecule has 2 rings (SSSR count). The van der Waals surface area contributed by atoms with Gasteiger partial charge in [-0.25, -0.2) is 8.42 Å². The summed E-state index contributed by atoms with van der Waals surface area (Å²) in [5.74, 6) is 4.51. The Balaban J connectivity index is 1.95. The number of amides is 1. The van der Waals surface area contributed by atoms with E-state index < -0.39 is 34.2 Å². The van der Waals surface area contributed by atoms with E-state index in [9.17, 15) is 26.4 Å². The maximum absolute atomic E-state index is 12.7. The Kier molecular flexibility index (Phi) is 7.29. The van der Waals surface area contributed by atoms with Crippen molar-refractivity contribution in [2.24, 2.45) is 0 Å². The Morgan fingerprint density at radius 2 is 1.80 bits per heavy atom. The third-order valence-corrected chi connectivity index (χ3v) is 6.15. The quantitative estimate of drug-likeness (QED) is 0.730. The summed E-state index contributed by atoms with van der Waals surface area (Å²) >= 11 is 0. The van der Waals surface area contributed by atoms with Crippen LogP contribution in [0.1, 0.15) is 22.3 Å². The number of nitrogens with zero attached hydrogens (tertiary/aromatic N) is 1. The lowest BCUT2D eigenvalue weighted by atomic mass is 10.1. The Morgan fingerprint density at radius 3 is 2.43 bits per heavy atom. The molecule has 1 amide bonds. The minimum Gasteiger partial charge on any atom is -0.344 e. The smallest absolute Gasteiger partial charge is 0.344 e. The van der Waals surface area contributed by atoms with E-state index in [0.29, 0.717) is 0 Å². The van der Waals surface area contributed by atoms with Crippen LogP contribution < -0.4 is 5.32 Å². The molecule has 0 aliphatic carbocycles. The minimum atomic E-state index is -4.46. The highest BCUT2D eigenvalue weighted by Gasteiger charge is 2.30. The maximum atomic E-state index is 12.7. The van der Waals surface area contributed by atoms with E-state index in [1.807, 2.05) is 6.92 Å². The molecule has 0 atom stereocenters. The van der Waals surface area contributed by atoms with Crippen molar-refractivity contribution in [1.29, 1.82) is 0 Å². The summed E-state index contributed by atoms with van der Waals surface area (Å²) in [5.41, 5.74) is 1.12. The van der Waals surface area contributed by atoms with Crippen molar-refractivity contribution in [3.8, 4) is 11.8 Å². The van der Waals surface area contributed by atoms with Crippen LogP contribution in [0.4, 0.5) is 13.2 Å². The standard InChI is InChI=1S/C21H21F3N2O3S/c1-15-9-10-19(12-16(15)2)30(28,29)26(3)14-20(27)25-11-5-7-17-6-4-8-18(13-17)21(22,23)24/h4,6,8-10,12-13H,11,14H2,1-3H3,(H,25,27). The van der Waals surface area contributed by atoms with E-state index in [-0.39, 0.29) is 17.0 Å². The first kappa shape index (κ1) is 23.4. The van der Waals surface area contributed by atoms with Crippen molar-refractivity contribution < 1.29 is 26.4 Å². The second-order valence-electron chi connectivity index (χ2n) is 6.66. The number of halogens is 3. The lowest BCUT2D eigenvalue weighted by Crippen LogP contribution is -2.38. The zero-order valence-electron chi connectivity index (χ0n) is 16.7. The number of alkyl halides is 3. The Bertz CT molecular complexity index is 1100. The number of sulfonamides is 1. The van der Waals surface area contributed by atoms with Gasteiger partial charge >= 0.3 is 6.18 Å². The van der Waals surface area contributed by atoms with Crippen LogP contribution >= 0.6 is 0 Å². The summed E-state index contributed by atoms with van der Waals surface area (Å²) < 4.78 is 64.1. The molecule has 0 aliphatic rings. The Hall–Kier alpha value is -2.83. The van der Waals surface area contributed by atoms with Crippen molar-refractivity contribution in [3.63, 3.8) is 0 Å². The molecule has 0 fully saturated rings. The molecule has 0 aliphatic heterocycles. The van der Waals surface area contributed by atoms with Crippen molar-refractivity contribution in [3.05, 3.63) is 64.7 Å². The third kappa shape index (κ3) is 6.08. The zero-order valence-corrected chi connectivity index (χ0v) is 17.5. The molecule has 0 aromatic heterocycles. The molecule has 0 bridgehead atoms. The second-order valence-corrected chi connectivity index (χ2v) is 8.71. The number of likely N-dealkylation sites (N-methyl/N-ethyl adjacent to an activating group) is 1. The van der Waals surface area contributed by atoms with Crippen LogP contribution in [0.5, 0.6) is 0 Å². The van der Waals surface area contributed by atoms with Gasteiger partial charge in [-0.05, 0) is 55.3 Å². The summed E-state index contributed by atoms with van der Waals surface area (Å²) in [6.45, 7) is 3.11. The molecule has 2 aromatic carbocycles. The van der Waals surface area contributed by atoms with E-state index in [0.717, 1.165) is 27.6 Å². The summed E-state index contributed by atoms with van der Waals surface area (Å²) in [7, 11) is -2.55. The van der Waals surface area contributed by atoms with E-state index in [4.69, 9.17) is 0 Å². The van der Waals surface area contributed by atoms with E-state index >= 15 is 0 Å². The summed E-state index contributed by atoms with van der Waals surface area (Å²) in [4.78, 5) is 12.1. The predicted molar refractivity (Wildman–Crippen MR) is 107 cm³/mol. The molecule has 9 heteroatoms. The van der Waals surface area contributed by atoms with Gasteiger partial charge in [0.1, 0.15) is 0 Å². The summed E-state index contributed by atoms with van der Waals surface area (Å²) in [5, 5.41) is 2.43. The van der Waals surface area contributed by atoms with Crippen LogP contribution in [0.25, 0.3) is 0 Å². The lowest BCUT2D eigenvalue weighted by Gasteiger charge is -2.17. The maximum Gasteiger partial charge on any atom is 0.416 e. The van der Waals surface area contributed by atoms with Gasteiger partial charge in [0.25, 0.3) is 0 Å². The highest BCUT2D eigenvalue weighted by molar-refractivity contribution is 7.89. The molecule has 0 saturated carbocycles. The van der Waals surface area contributed by atoms with Gasteiger partial charge in [-0.1, -0.05) is 24.0 Å². The van der Waals surface area contributed by atoms with Crippen molar-refractivity contribution in [2.45, 2.75) is 24.9 Å². The number of aryl methyl sites for hydroxylation is 2. The largest absolute Gasteiger partial charge is 0.416 e. The first-order valence-corrected chi connectivity index (χ1v) is 10.3. The topological polar surface area (TPSA) is 66.5 Å². The predicted octanol–water partition coefficient (Wildman–Crippen LogP) is 3.11. The van der Waals surface area contributed by atoms with Gasteiger partial charge in [-0.2, -0.15) is 17.5 Å². The first-order chi connectivity index (χ1) is 13.9. The van der Waals surface area contributed by atoms with Gasteiger partial charge in [0.05, 0.1) is 23.5 Å². The summed E-state index contributed by atoms with van der Waals surface area (Å²) in [6, 6.07) is 9.25. The van der Waals surface area contributed by atoms with E-state index in [2.05, 4.69) is 17.2 Å². The van der Waals surface area contributed by atoms with Gasteiger partial charge < -0.3 is 5.32 Å². The molecular weight excluding hydrogens is 417 g/mol. The minimum absolute atomic E-state index is 0.0882. The summed E-state index contributed by atoms with van der Waals surface area (Å²) in [6.07, 6.45) is -4.46. The number of nitrogens with one attached hydrogen (secondary N) is 1. The van der Waals surface area contributed by atoms with Gasteiger partial charge in [0.2, 0.25) is 15.9 Å². The van der Waals surface area contributed by atoms with Crippen molar-refractivity contribution >= 4 is 15.9 Å². The molecular formula is C21H21F3N2O3S. The fraction of sp³-hybridized carbons (Fsp3) is 0.286. The second kappa shape index (κ2) is 9.32. The van der Waals surface area contributed by atoms with Gasteiger partial charge in [-0.3, -0.25) is 4.79 Å². The third-order valence-electron chi connectivity index (χ3n) is 4.35. The number of rotatable bonds is 5. The van der Waals surface area contributed by atoms with Gasteiger partial charge in [-0.15, -0.1) is 0 Å². The van der Waals surface area contributed by atoms with Crippen molar-refractivity contribution in [1.82, 2.24) is 9.62 Å². The molecule has 5 nitrogen and oxygen atoms in total. The molecule has 1 N–H and O–H groups in total. The monoisotopic (exact) mass is 438 g/mol. The SMILES string of the molecule is Cc1ccc(S(=O)(=O)N(C)CC(=O)NCC#Cc2cccc(C(F)(F)F)c2)cc1C. The number of hydrogen-bond acceptors (Lipinski definition) is 3. The van der Waals surface area contributed by atoms with Crippen LogP contribution in [-0.4, -0.2) is 38.8 Å². The number of carbonyl (C=O) groups is 1. The van der Waals surface area contributed by atoms with E-state index in [1.165, 1.54) is 25.2 Å². The fourth-order valence-electron chi connectivity index (χ4n) is 2.46. The van der Waals surface area contributed by atoms with Crippen LogP contribution in [0, 0.1) is 25.7 Å². The Morgan fingerprint density at radius 1 is 1.10 bits per heavy atom. The molecule has 0 radical (unpaired) electrons. The number of carbonyl (C=O) groups excluding carboxylic acids is 1. The molecule has 0 heterocycles. The van der Waals surface area contributed by atoms with E-state index in [1.54, 1.807) is 19.1 Å². The van der Waals surface area contributed by atoms with Crippen LogP contribution in [0.2, 0.25) is 0 Å². The number of benzene rings is 2. The van der Waals surface area contributed by atoms with Gasteiger partial charge in [0.15, 0.2) is 0 Å². The molecule has 160 valence electrons. The average molecular weight is 438 g/mol. The molecule has 0 saturated heterocycles. The average Bonchev–Trinajstić information content (AvgIpc) is 2.66. The lowest BCUT2D eigenvalue weighted by molar-refractivity contribution is -0.137. The zero-order chi connectivity index (χ0) is 22.5. The molecule has 2 aromatic rings. The van der Waals surface area contributed by atoms with Crippen LogP contribution in [0.3, 0.4) is 0 Å². The van der Waals surface area contributed by atoms with Crippen molar-refractivity contribution in [2.75, 3.05) is 20.1 Å².